The van der Waals surface area contributed by atoms with Gasteiger partial charge in [-0.15, -0.1) is 0 Å². The Balaban J connectivity index is 1.41. The fraction of sp³-hybridized carbons (Fsp3) is 0.518. The van der Waals surface area contributed by atoms with Crippen LogP contribution in [0, 0.1) is 0 Å². The van der Waals surface area contributed by atoms with E-state index in [1.165, 1.54) is 51.4 Å². The molecule has 1 aliphatic rings. The van der Waals surface area contributed by atoms with Gasteiger partial charge in [0.15, 0.2) is 0 Å². The predicted molar refractivity (Wildman–Crippen MR) is 259 cm³/mol. The van der Waals surface area contributed by atoms with Crippen LogP contribution < -0.4 is 5.32 Å². The summed E-state index contributed by atoms with van der Waals surface area (Å²) >= 11 is 0. The number of carbonyl (C=O) groups excluding carboxylic acids is 1. The molecule has 1 saturated heterocycles. The van der Waals surface area contributed by atoms with E-state index in [1.807, 2.05) is 148 Å². The largest absolute Gasteiger partial charge is 0.444 e. The third-order valence-electron chi connectivity index (χ3n) is 11.6. The van der Waals surface area contributed by atoms with Crippen molar-refractivity contribution >= 4 is 6.09 Å². The monoisotopic (exact) mass is 892 g/mol. The van der Waals surface area contributed by atoms with Crippen LogP contribution in [0.4, 0.5) is 4.79 Å². The van der Waals surface area contributed by atoms with Gasteiger partial charge < -0.3 is 38.8 Å². The molecule has 0 aliphatic carbocycles. The number of nitrogens with one attached hydrogen (secondary N) is 1. The van der Waals surface area contributed by atoms with E-state index in [4.69, 9.17) is 28.4 Å². The van der Waals surface area contributed by atoms with Crippen LogP contribution in [0.25, 0.3) is 0 Å². The average molecular weight is 892 g/mol. The Kier molecular flexibility index (Phi) is 23.3. The van der Waals surface area contributed by atoms with Crippen molar-refractivity contribution < 1.29 is 38.3 Å². The highest BCUT2D eigenvalue weighted by molar-refractivity contribution is 5.68. The van der Waals surface area contributed by atoms with Crippen molar-refractivity contribution in [3.8, 4) is 0 Å². The summed E-state index contributed by atoms with van der Waals surface area (Å²) in [5, 5.41) is 14.9. The second kappa shape index (κ2) is 29.3. The molecule has 2 N–H and O–H groups in total. The summed E-state index contributed by atoms with van der Waals surface area (Å²) in [5.41, 5.74) is 3.30. The maximum absolute atomic E-state index is 13.5. The number of aliphatic hydroxyl groups excluding tert-OH is 1. The number of aliphatic hydroxyl groups is 1. The van der Waals surface area contributed by atoms with Gasteiger partial charge in [-0.25, -0.2) is 4.79 Å². The summed E-state index contributed by atoms with van der Waals surface area (Å²) < 4.78 is 40.0. The molecule has 0 aromatic heterocycles. The first-order valence-electron chi connectivity index (χ1n) is 24.3. The Morgan fingerprint density at radius 1 is 0.615 bits per heavy atom. The summed E-state index contributed by atoms with van der Waals surface area (Å²) in [4.78, 5) is 13.5. The molecule has 4 aromatic carbocycles. The van der Waals surface area contributed by atoms with Crippen LogP contribution >= 0.6 is 0 Å². The second-order valence-electron chi connectivity index (χ2n) is 18.4. The molecular formula is C56H77NO8. The zero-order valence-electron chi connectivity index (χ0n) is 39.6. The van der Waals surface area contributed by atoms with Crippen molar-refractivity contribution in [2.45, 2.75) is 179 Å². The molecule has 354 valence electrons. The number of carbonyl (C=O) groups is 1. The van der Waals surface area contributed by atoms with E-state index in [2.05, 4.69) is 12.2 Å². The van der Waals surface area contributed by atoms with E-state index in [9.17, 15) is 9.90 Å². The molecule has 1 fully saturated rings. The Morgan fingerprint density at radius 3 is 1.52 bits per heavy atom. The number of allylic oxidation sites excluding steroid dienone is 1. The zero-order valence-corrected chi connectivity index (χ0v) is 39.6. The highest BCUT2D eigenvalue weighted by atomic mass is 16.6. The highest BCUT2D eigenvalue weighted by Crippen LogP contribution is 2.33. The van der Waals surface area contributed by atoms with Gasteiger partial charge in [0.2, 0.25) is 0 Å². The Morgan fingerprint density at radius 2 is 1.05 bits per heavy atom. The van der Waals surface area contributed by atoms with E-state index in [1.54, 1.807) is 6.08 Å². The van der Waals surface area contributed by atoms with Gasteiger partial charge in [-0.05, 0) is 62.3 Å². The van der Waals surface area contributed by atoms with Crippen molar-refractivity contribution in [2.24, 2.45) is 0 Å². The maximum atomic E-state index is 13.5. The van der Waals surface area contributed by atoms with Gasteiger partial charge in [0.25, 0.3) is 0 Å². The van der Waals surface area contributed by atoms with Crippen LogP contribution in [-0.4, -0.2) is 66.1 Å². The molecule has 4 aromatic rings. The minimum Gasteiger partial charge on any atom is -0.444 e. The quantitative estimate of drug-likeness (QED) is 0.0410. The first-order chi connectivity index (χ1) is 31.7. The van der Waals surface area contributed by atoms with Crippen molar-refractivity contribution in [1.29, 1.82) is 0 Å². The first-order valence-corrected chi connectivity index (χ1v) is 24.3. The zero-order chi connectivity index (χ0) is 46.0. The molecular weight excluding hydrogens is 815 g/mol. The van der Waals surface area contributed by atoms with Crippen molar-refractivity contribution in [3.05, 3.63) is 156 Å². The number of amides is 1. The van der Waals surface area contributed by atoms with E-state index >= 15 is 0 Å². The molecule has 1 amide bonds. The molecule has 65 heavy (non-hydrogen) atoms. The second-order valence-corrected chi connectivity index (χ2v) is 18.4. The number of alkyl carbamates (subject to hydrolysis) is 1. The minimum absolute atomic E-state index is 0.189. The Hall–Kier alpha value is -4.35. The maximum Gasteiger partial charge on any atom is 0.407 e. The van der Waals surface area contributed by atoms with E-state index < -0.39 is 54.4 Å². The van der Waals surface area contributed by atoms with Gasteiger partial charge in [0.1, 0.15) is 30.0 Å². The minimum atomic E-state index is -1.03. The highest BCUT2D eigenvalue weighted by Gasteiger charge is 2.49. The molecule has 1 heterocycles. The number of unbranched alkanes of at least 4 members (excludes halogenated alkanes) is 10. The van der Waals surface area contributed by atoms with Gasteiger partial charge >= 0.3 is 6.09 Å². The fourth-order valence-corrected chi connectivity index (χ4v) is 8.19. The number of hydrogen-bond acceptors (Lipinski definition) is 8. The SMILES string of the molecule is CCCCCCCCCCCCC=C[C@@H](O)[C@H](C[C@H]1O[C@H](COCc2ccccc2)[C@H](OCc2ccccc2)[C@H](OCc2ccccc2)[C@H]1OCc1ccccc1)NC(=O)OC(C)(C)C. The van der Waals surface area contributed by atoms with Crippen LogP contribution in [0.1, 0.15) is 127 Å². The molecule has 0 saturated carbocycles. The number of rotatable bonds is 29. The molecule has 0 radical (unpaired) electrons. The van der Waals surface area contributed by atoms with Crippen LogP contribution in [0.2, 0.25) is 0 Å². The standard InChI is InChI=1S/C56H77NO8/c1-5-6-7-8-9-10-11-12-13-14-15-28-37-49(58)48(57-55(59)65-56(2,3)4)38-50-52(61-40-45-31-22-17-23-32-45)54(63-42-47-35-26-19-27-36-47)53(62-41-46-33-24-18-25-34-46)51(64-50)43-60-39-44-29-20-16-21-30-44/h16-37,48-54,58H,5-15,38-43H2,1-4H3,(H,57,59)/t48-,49+,50+,51+,52-,53-,54+/m0/s1. The normalized spacial score (nSPS) is 19.8. The van der Waals surface area contributed by atoms with Gasteiger partial charge in [-0.1, -0.05) is 198 Å². The van der Waals surface area contributed by atoms with Gasteiger partial charge in [0, 0.05) is 0 Å². The van der Waals surface area contributed by atoms with Crippen molar-refractivity contribution in [1.82, 2.24) is 5.32 Å². The third kappa shape index (κ3) is 20.0. The van der Waals surface area contributed by atoms with Gasteiger partial charge in [-0.2, -0.15) is 0 Å². The van der Waals surface area contributed by atoms with Crippen LogP contribution in [0.15, 0.2) is 133 Å². The lowest BCUT2D eigenvalue weighted by molar-refractivity contribution is -0.274. The smallest absolute Gasteiger partial charge is 0.407 e. The first kappa shape index (κ1) is 51.6. The van der Waals surface area contributed by atoms with E-state index in [0.29, 0.717) is 19.8 Å². The average Bonchev–Trinajstić information content (AvgIpc) is 3.31. The van der Waals surface area contributed by atoms with Gasteiger partial charge in [0.05, 0.1) is 51.3 Å². The summed E-state index contributed by atoms with van der Waals surface area (Å²) in [7, 11) is 0. The third-order valence-corrected chi connectivity index (χ3v) is 11.6. The number of benzene rings is 4. The van der Waals surface area contributed by atoms with E-state index in [0.717, 1.165) is 41.5 Å². The van der Waals surface area contributed by atoms with Crippen LogP contribution in [0.5, 0.6) is 0 Å². The molecule has 0 unspecified atom stereocenters. The fourth-order valence-electron chi connectivity index (χ4n) is 8.19. The van der Waals surface area contributed by atoms with Gasteiger partial charge in [-0.3, -0.25) is 0 Å². The molecule has 9 nitrogen and oxygen atoms in total. The summed E-state index contributed by atoms with van der Waals surface area (Å²) in [6.07, 6.45) is 12.6. The molecule has 9 heteroatoms. The predicted octanol–water partition coefficient (Wildman–Crippen LogP) is 12.2. The molecule has 0 bridgehead atoms. The molecule has 5 rings (SSSR count). The molecule has 7 atom stereocenters. The lowest BCUT2D eigenvalue weighted by Gasteiger charge is -2.47. The number of hydrogen-bond donors (Lipinski definition) is 2. The molecule has 0 spiro atoms. The van der Waals surface area contributed by atoms with Crippen LogP contribution in [-0.2, 0) is 54.8 Å². The lowest BCUT2D eigenvalue weighted by Crippen LogP contribution is -2.62. The lowest BCUT2D eigenvalue weighted by atomic mass is 9.89. The van der Waals surface area contributed by atoms with E-state index in [-0.39, 0.29) is 19.6 Å². The Labute approximate surface area is 390 Å². The summed E-state index contributed by atoms with van der Waals surface area (Å²) in [6.45, 7) is 9.21. The molecule has 1 aliphatic heterocycles. The Bertz CT molecular complexity index is 1860. The topological polar surface area (TPSA) is 105 Å². The van der Waals surface area contributed by atoms with Crippen molar-refractivity contribution in [3.63, 3.8) is 0 Å². The van der Waals surface area contributed by atoms with Crippen molar-refractivity contribution in [2.75, 3.05) is 6.61 Å². The summed E-state index contributed by atoms with van der Waals surface area (Å²) in [6, 6.07) is 39.4. The summed E-state index contributed by atoms with van der Waals surface area (Å²) in [5.74, 6) is 0. The number of ether oxygens (including phenoxy) is 6. The van der Waals surface area contributed by atoms with Crippen LogP contribution in [0.3, 0.4) is 0 Å².